The summed E-state index contributed by atoms with van der Waals surface area (Å²) < 4.78 is 27.7. The molecular formula is C21H32F2N6. The quantitative estimate of drug-likeness (QED) is 0.778. The third kappa shape index (κ3) is 4.46. The zero-order chi connectivity index (χ0) is 20.2. The van der Waals surface area contributed by atoms with E-state index < -0.39 is 12.3 Å². The molecule has 0 bridgehead atoms. The van der Waals surface area contributed by atoms with E-state index in [-0.39, 0.29) is 11.8 Å². The van der Waals surface area contributed by atoms with Crippen molar-refractivity contribution in [2.24, 2.45) is 26.7 Å². The summed E-state index contributed by atoms with van der Waals surface area (Å²) in [4.78, 5) is 11.7. The summed E-state index contributed by atoms with van der Waals surface area (Å²) in [5, 5.41) is 6.24. The third-order valence-corrected chi connectivity index (χ3v) is 6.56. The van der Waals surface area contributed by atoms with Gasteiger partial charge < -0.3 is 10.6 Å². The van der Waals surface area contributed by atoms with Gasteiger partial charge in [-0.25, -0.2) is 13.8 Å². The van der Waals surface area contributed by atoms with E-state index in [1.807, 2.05) is 5.01 Å². The molecule has 29 heavy (non-hydrogen) atoms. The maximum Gasteiger partial charge on any atom is 0.279 e. The minimum Gasteiger partial charge on any atom is -0.404 e. The predicted octanol–water partition coefficient (Wildman–Crippen LogP) is 3.40. The van der Waals surface area contributed by atoms with Gasteiger partial charge in [0.25, 0.3) is 6.43 Å². The maximum absolute atomic E-state index is 13.9. The molecule has 1 saturated heterocycles. The number of rotatable bonds is 4. The zero-order valence-electron chi connectivity index (χ0n) is 17.1. The van der Waals surface area contributed by atoms with Gasteiger partial charge >= 0.3 is 0 Å². The van der Waals surface area contributed by atoms with E-state index in [4.69, 9.17) is 10.7 Å². The Hall–Kier alpha value is -1.99. The van der Waals surface area contributed by atoms with Crippen molar-refractivity contribution in [3.05, 3.63) is 11.8 Å². The summed E-state index contributed by atoms with van der Waals surface area (Å²) in [7, 11) is 0. The van der Waals surface area contributed by atoms with Gasteiger partial charge in [-0.1, -0.05) is 19.3 Å². The summed E-state index contributed by atoms with van der Waals surface area (Å²) in [6.45, 7) is 3.09. The molecule has 3 heterocycles. The fourth-order valence-electron chi connectivity index (χ4n) is 4.96. The molecule has 0 radical (unpaired) electrons. The highest BCUT2D eigenvalue weighted by Crippen LogP contribution is 2.32. The normalized spacial score (nSPS) is 27.2. The topological polar surface area (TPSA) is 69.6 Å². The number of nitrogens with two attached hydrogens (primary N) is 1. The van der Waals surface area contributed by atoms with Crippen molar-refractivity contribution >= 4 is 17.4 Å². The van der Waals surface area contributed by atoms with Crippen LogP contribution in [0.5, 0.6) is 0 Å². The minimum atomic E-state index is -2.60. The van der Waals surface area contributed by atoms with Crippen LogP contribution in [-0.4, -0.2) is 65.9 Å². The monoisotopic (exact) mass is 406 g/mol. The number of likely N-dealkylation sites (tertiary alicyclic amines) is 1. The second-order valence-corrected chi connectivity index (χ2v) is 8.45. The van der Waals surface area contributed by atoms with Crippen LogP contribution >= 0.6 is 0 Å². The molecular weight excluding hydrogens is 374 g/mol. The van der Waals surface area contributed by atoms with E-state index in [1.54, 1.807) is 0 Å². The Morgan fingerprint density at radius 2 is 1.79 bits per heavy atom. The highest BCUT2D eigenvalue weighted by Gasteiger charge is 2.39. The zero-order valence-corrected chi connectivity index (χ0v) is 17.1. The fourth-order valence-corrected chi connectivity index (χ4v) is 4.96. The lowest BCUT2D eigenvalue weighted by atomic mass is 9.92. The lowest BCUT2D eigenvalue weighted by molar-refractivity contribution is 0.171. The third-order valence-electron chi connectivity index (χ3n) is 6.56. The number of piperidine rings is 1. The van der Waals surface area contributed by atoms with Crippen LogP contribution in [0.1, 0.15) is 57.8 Å². The number of amidine groups is 2. The van der Waals surface area contributed by atoms with Crippen molar-refractivity contribution in [2.45, 2.75) is 70.3 Å². The van der Waals surface area contributed by atoms with Gasteiger partial charge in [0.15, 0.2) is 5.84 Å². The van der Waals surface area contributed by atoms with Gasteiger partial charge in [0.05, 0.1) is 5.92 Å². The summed E-state index contributed by atoms with van der Waals surface area (Å²) in [6, 6.07) is 0.252. The first-order valence-electron chi connectivity index (χ1n) is 11.1. The molecule has 1 atom stereocenters. The van der Waals surface area contributed by atoms with Crippen LogP contribution in [0.15, 0.2) is 26.9 Å². The molecule has 1 unspecified atom stereocenters. The Morgan fingerprint density at radius 1 is 1.07 bits per heavy atom. The number of halogens is 2. The molecule has 160 valence electrons. The smallest absolute Gasteiger partial charge is 0.279 e. The maximum atomic E-state index is 13.9. The van der Waals surface area contributed by atoms with Crippen LogP contribution < -0.4 is 5.73 Å². The molecule has 0 spiro atoms. The van der Waals surface area contributed by atoms with Gasteiger partial charge in [0.1, 0.15) is 11.5 Å². The summed E-state index contributed by atoms with van der Waals surface area (Å²) in [5.74, 6) is 1.00. The Bertz CT molecular complexity index is 702. The molecule has 4 aliphatic rings. The van der Waals surface area contributed by atoms with E-state index in [9.17, 15) is 8.78 Å². The Balaban J connectivity index is 1.54. The summed E-state index contributed by atoms with van der Waals surface area (Å²) >= 11 is 0. The molecule has 4 rings (SSSR count). The average Bonchev–Trinajstić information content (AvgIpc) is 3.21. The fraction of sp³-hybridized carbons (Fsp3) is 0.762. The first kappa shape index (κ1) is 20.3. The molecule has 3 aliphatic heterocycles. The second-order valence-electron chi connectivity index (χ2n) is 8.45. The van der Waals surface area contributed by atoms with Crippen LogP contribution in [0, 0.1) is 5.92 Å². The molecule has 1 aliphatic carbocycles. The van der Waals surface area contributed by atoms with Gasteiger partial charge in [-0.15, -0.1) is 0 Å². The van der Waals surface area contributed by atoms with Gasteiger partial charge in [0.2, 0.25) is 0 Å². The Morgan fingerprint density at radius 3 is 2.48 bits per heavy atom. The van der Waals surface area contributed by atoms with Crippen molar-refractivity contribution in [1.82, 2.24) is 9.91 Å². The van der Waals surface area contributed by atoms with Crippen molar-refractivity contribution in [3.63, 3.8) is 0 Å². The lowest BCUT2D eigenvalue weighted by Gasteiger charge is -2.32. The first-order chi connectivity index (χ1) is 14.2. The van der Waals surface area contributed by atoms with Gasteiger partial charge in [-0.2, -0.15) is 5.10 Å². The van der Waals surface area contributed by atoms with Gasteiger partial charge in [-0.3, -0.25) is 10.0 Å². The van der Waals surface area contributed by atoms with Gasteiger partial charge in [0, 0.05) is 50.4 Å². The van der Waals surface area contributed by atoms with Gasteiger partial charge in [-0.05, 0) is 32.1 Å². The summed E-state index contributed by atoms with van der Waals surface area (Å²) in [5.41, 5.74) is 6.46. The molecule has 0 aromatic carbocycles. The highest BCUT2D eigenvalue weighted by atomic mass is 19.3. The van der Waals surface area contributed by atoms with Crippen LogP contribution in [0.3, 0.4) is 0 Å². The molecule has 0 amide bonds. The standard InChI is InChI=1S/C21H32F2N6/c22-20(23)19-17(14-29(27-19)15-7-3-1-4-8-15)16(13-24)21-25-10-9-18(26-21)28-11-5-2-6-12-28/h13,15,17,20H,1-12,14,24H2/b16-13-. The van der Waals surface area contributed by atoms with Crippen molar-refractivity contribution in [3.8, 4) is 0 Å². The van der Waals surface area contributed by atoms with E-state index in [1.165, 1.54) is 31.9 Å². The van der Waals surface area contributed by atoms with Crippen LogP contribution in [0.4, 0.5) is 8.78 Å². The lowest BCUT2D eigenvalue weighted by Crippen LogP contribution is -2.39. The highest BCUT2D eigenvalue weighted by molar-refractivity contribution is 6.11. The number of aliphatic imine (C=N–C) groups is 2. The minimum absolute atomic E-state index is 0.0877. The molecule has 1 saturated carbocycles. The number of hydrogen-bond donors (Lipinski definition) is 1. The van der Waals surface area contributed by atoms with E-state index >= 15 is 0 Å². The van der Waals surface area contributed by atoms with Crippen molar-refractivity contribution < 1.29 is 8.78 Å². The molecule has 0 aromatic rings. The van der Waals surface area contributed by atoms with E-state index in [2.05, 4.69) is 15.0 Å². The first-order valence-corrected chi connectivity index (χ1v) is 11.1. The molecule has 6 nitrogen and oxygen atoms in total. The number of hydrogen-bond acceptors (Lipinski definition) is 6. The Labute approximate surface area is 171 Å². The molecule has 2 fully saturated rings. The Kier molecular flexibility index (Phi) is 6.45. The molecule has 8 heteroatoms. The van der Waals surface area contributed by atoms with Crippen molar-refractivity contribution in [2.75, 3.05) is 26.2 Å². The predicted molar refractivity (Wildman–Crippen MR) is 113 cm³/mol. The van der Waals surface area contributed by atoms with Crippen molar-refractivity contribution in [1.29, 1.82) is 0 Å². The number of nitrogens with zero attached hydrogens (tertiary/aromatic N) is 5. The number of alkyl halides is 2. The van der Waals surface area contributed by atoms with Crippen LogP contribution in [0.25, 0.3) is 0 Å². The summed E-state index contributed by atoms with van der Waals surface area (Å²) in [6.07, 6.45) is 8.77. The average molecular weight is 407 g/mol. The largest absolute Gasteiger partial charge is 0.404 e. The number of hydrazone groups is 1. The van der Waals surface area contributed by atoms with Crippen LogP contribution in [0.2, 0.25) is 0 Å². The second kappa shape index (κ2) is 9.22. The SMILES string of the molecule is N/C=C(\C1=NCCC(N2CCCCC2)=N1)C1CN(C2CCCCC2)N=C1C(F)F. The van der Waals surface area contributed by atoms with E-state index in [0.717, 1.165) is 51.0 Å². The van der Waals surface area contributed by atoms with E-state index in [0.29, 0.717) is 24.5 Å². The van der Waals surface area contributed by atoms with Crippen LogP contribution in [-0.2, 0) is 0 Å². The molecule has 0 aromatic heterocycles. The molecule has 2 N–H and O–H groups in total.